The summed E-state index contributed by atoms with van der Waals surface area (Å²) in [5.74, 6) is 1.62. The second-order valence-corrected chi connectivity index (χ2v) is 6.96. The fourth-order valence-electron chi connectivity index (χ4n) is 2.67. The highest BCUT2D eigenvalue weighted by molar-refractivity contribution is 7.99. The Bertz CT molecular complexity index is 752. The average molecular weight is 337 g/mol. The number of hydrogen-bond acceptors (Lipinski definition) is 6. The molecule has 0 radical (unpaired) electrons. The van der Waals surface area contributed by atoms with E-state index < -0.39 is 0 Å². The Morgan fingerprint density at radius 1 is 1.27 bits per heavy atom. The SMILES string of the molecule is COc1ccc([C@H]2c3sc(=O)[nH]c3SC[C@H]2C=O)cc1OC. The van der Waals surface area contributed by atoms with Crippen LogP contribution in [0.2, 0.25) is 0 Å². The molecule has 1 aliphatic heterocycles. The number of aldehydes is 1. The molecule has 2 aromatic rings. The van der Waals surface area contributed by atoms with Crippen LogP contribution in [0, 0.1) is 5.92 Å². The van der Waals surface area contributed by atoms with E-state index >= 15 is 0 Å². The number of thioether (sulfide) groups is 1. The first kappa shape index (κ1) is 15.2. The molecule has 22 heavy (non-hydrogen) atoms. The molecule has 1 aliphatic rings. The van der Waals surface area contributed by atoms with E-state index in [0.29, 0.717) is 17.3 Å². The van der Waals surface area contributed by atoms with Gasteiger partial charge in [-0.3, -0.25) is 4.79 Å². The van der Waals surface area contributed by atoms with Gasteiger partial charge in [0.1, 0.15) is 6.29 Å². The number of nitrogens with one attached hydrogen (secondary N) is 1. The molecule has 0 saturated heterocycles. The van der Waals surface area contributed by atoms with Gasteiger partial charge >= 0.3 is 4.87 Å². The van der Waals surface area contributed by atoms with Crippen molar-refractivity contribution in [3.05, 3.63) is 38.3 Å². The Labute approximate surface area is 135 Å². The maximum absolute atomic E-state index is 11.7. The number of fused-ring (bicyclic) bond motifs is 1. The molecule has 1 aromatic heterocycles. The Kier molecular flexibility index (Phi) is 4.26. The minimum Gasteiger partial charge on any atom is -0.493 e. The summed E-state index contributed by atoms with van der Waals surface area (Å²) < 4.78 is 10.6. The summed E-state index contributed by atoms with van der Waals surface area (Å²) in [4.78, 5) is 26.8. The quantitative estimate of drug-likeness (QED) is 0.868. The van der Waals surface area contributed by atoms with Crippen LogP contribution in [0.3, 0.4) is 0 Å². The molecular weight excluding hydrogens is 322 g/mol. The van der Waals surface area contributed by atoms with Gasteiger partial charge in [-0.1, -0.05) is 17.4 Å². The molecule has 0 unspecified atom stereocenters. The van der Waals surface area contributed by atoms with Crippen molar-refractivity contribution in [3.63, 3.8) is 0 Å². The monoisotopic (exact) mass is 337 g/mol. The van der Waals surface area contributed by atoms with Gasteiger partial charge in [0, 0.05) is 22.5 Å². The van der Waals surface area contributed by atoms with Gasteiger partial charge in [0.05, 0.1) is 19.2 Å². The molecule has 0 spiro atoms. The molecule has 0 aliphatic carbocycles. The summed E-state index contributed by atoms with van der Waals surface area (Å²) in [6.45, 7) is 0. The number of ether oxygens (including phenoxy) is 2. The van der Waals surface area contributed by atoms with Crippen molar-refractivity contribution in [1.29, 1.82) is 0 Å². The van der Waals surface area contributed by atoms with Crippen molar-refractivity contribution in [3.8, 4) is 11.5 Å². The molecule has 1 aromatic carbocycles. The fraction of sp³-hybridized carbons (Fsp3) is 0.333. The third-order valence-electron chi connectivity index (χ3n) is 3.71. The van der Waals surface area contributed by atoms with Crippen LogP contribution in [0.1, 0.15) is 16.4 Å². The number of benzene rings is 1. The number of aromatic amines is 1. The third kappa shape index (κ3) is 2.55. The Morgan fingerprint density at radius 3 is 2.73 bits per heavy atom. The summed E-state index contributed by atoms with van der Waals surface area (Å²) in [5, 5.41) is 0.868. The molecule has 3 rings (SSSR count). The van der Waals surface area contributed by atoms with Crippen LogP contribution in [-0.4, -0.2) is 31.2 Å². The predicted octanol–water partition coefficient (Wildman–Crippen LogP) is 2.51. The van der Waals surface area contributed by atoms with Gasteiger partial charge in [-0.25, -0.2) is 0 Å². The summed E-state index contributed by atoms with van der Waals surface area (Å²) in [6, 6.07) is 5.63. The molecule has 0 amide bonds. The van der Waals surface area contributed by atoms with Crippen LogP contribution in [0.4, 0.5) is 0 Å². The lowest BCUT2D eigenvalue weighted by atomic mass is 9.86. The molecule has 5 nitrogen and oxygen atoms in total. The number of rotatable bonds is 4. The van der Waals surface area contributed by atoms with E-state index in [9.17, 15) is 9.59 Å². The zero-order valence-corrected chi connectivity index (χ0v) is 13.8. The smallest absolute Gasteiger partial charge is 0.305 e. The van der Waals surface area contributed by atoms with Crippen LogP contribution in [0.5, 0.6) is 11.5 Å². The van der Waals surface area contributed by atoms with E-state index in [1.807, 2.05) is 18.2 Å². The second-order valence-electron chi connectivity index (χ2n) is 4.91. The molecule has 1 N–H and O–H groups in total. The van der Waals surface area contributed by atoms with E-state index in [1.54, 1.807) is 14.2 Å². The van der Waals surface area contributed by atoms with Gasteiger partial charge in [0.2, 0.25) is 0 Å². The Balaban J connectivity index is 2.12. The highest BCUT2D eigenvalue weighted by Gasteiger charge is 2.34. The maximum Gasteiger partial charge on any atom is 0.305 e. The van der Waals surface area contributed by atoms with Crippen LogP contribution in [0.25, 0.3) is 0 Å². The molecular formula is C15H15NO4S2. The van der Waals surface area contributed by atoms with Crippen LogP contribution >= 0.6 is 23.1 Å². The van der Waals surface area contributed by atoms with E-state index in [2.05, 4.69) is 4.98 Å². The molecule has 0 fully saturated rings. The first-order chi connectivity index (χ1) is 10.7. The van der Waals surface area contributed by atoms with Gasteiger partial charge in [-0.2, -0.15) is 0 Å². The van der Waals surface area contributed by atoms with Gasteiger partial charge in [0.25, 0.3) is 0 Å². The van der Waals surface area contributed by atoms with Crippen molar-refractivity contribution in [1.82, 2.24) is 4.98 Å². The lowest BCUT2D eigenvalue weighted by molar-refractivity contribution is -0.110. The molecule has 2 heterocycles. The Morgan fingerprint density at radius 2 is 2.05 bits per heavy atom. The number of aromatic nitrogens is 1. The number of methoxy groups -OCH3 is 2. The number of carbonyl (C=O) groups is 1. The highest BCUT2D eigenvalue weighted by Crippen LogP contribution is 2.45. The zero-order valence-electron chi connectivity index (χ0n) is 12.1. The van der Waals surface area contributed by atoms with Crippen LogP contribution < -0.4 is 14.3 Å². The largest absolute Gasteiger partial charge is 0.493 e. The number of thiazole rings is 1. The van der Waals surface area contributed by atoms with Crippen LogP contribution in [-0.2, 0) is 4.79 Å². The Hall–Kier alpha value is -1.73. The van der Waals surface area contributed by atoms with Gasteiger partial charge in [-0.05, 0) is 17.7 Å². The van der Waals surface area contributed by atoms with E-state index in [-0.39, 0.29) is 16.7 Å². The number of hydrogen-bond donors (Lipinski definition) is 1. The topological polar surface area (TPSA) is 68.4 Å². The van der Waals surface area contributed by atoms with E-state index in [0.717, 1.165) is 21.8 Å². The molecule has 0 saturated carbocycles. The highest BCUT2D eigenvalue weighted by atomic mass is 32.2. The fourth-order valence-corrected chi connectivity index (χ4v) is 5.04. The molecule has 0 bridgehead atoms. The van der Waals surface area contributed by atoms with Gasteiger partial charge in [-0.15, -0.1) is 11.8 Å². The van der Waals surface area contributed by atoms with E-state index in [1.165, 1.54) is 23.1 Å². The molecule has 7 heteroatoms. The van der Waals surface area contributed by atoms with Crippen molar-refractivity contribution < 1.29 is 14.3 Å². The van der Waals surface area contributed by atoms with Crippen LogP contribution in [0.15, 0.2) is 28.0 Å². The van der Waals surface area contributed by atoms with Gasteiger partial charge < -0.3 is 19.3 Å². The van der Waals surface area contributed by atoms with E-state index in [4.69, 9.17) is 9.47 Å². The van der Waals surface area contributed by atoms with Gasteiger partial charge in [0.15, 0.2) is 11.5 Å². The minimum absolute atomic E-state index is 0.0884. The van der Waals surface area contributed by atoms with Crippen molar-refractivity contribution in [2.45, 2.75) is 10.9 Å². The first-order valence-corrected chi connectivity index (χ1v) is 8.51. The van der Waals surface area contributed by atoms with Crippen molar-refractivity contribution >= 4 is 29.4 Å². The predicted molar refractivity (Wildman–Crippen MR) is 86.6 cm³/mol. The normalized spacial score (nSPS) is 20.3. The molecule has 2 atom stereocenters. The lowest BCUT2D eigenvalue weighted by Gasteiger charge is -2.27. The second kappa shape index (κ2) is 6.18. The zero-order chi connectivity index (χ0) is 15.7. The average Bonchev–Trinajstić information content (AvgIpc) is 2.93. The molecule has 116 valence electrons. The summed E-state index contributed by atoms with van der Waals surface area (Å²) >= 11 is 2.70. The third-order valence-corrected chi connectivity index (χ3v) is 5.97. The summed E-state index contributed by atoms with van der Waals surface area (Å²) in [5.41, 5.74) is 0.951. The standard InChI is InChI=1S/C15H15NO4S2/c1-19-10-4-3-8(5-11(10)20-2)12-9(6-17)7-21-14-13(12)22-15(18)16-14/h3-6,9,12H,7H2,1-2H3,(H,16,18)/t9-,12-/m1/s1. The first-order valence-electron chi connectivity index (χ1n) is 6.71. The maximum atomic E-state index is 11.7. The number of carbonyl (C=O) groups excluding carboxylic acids is 1. The lowest BCUT2D eigenvalue weighted by Crippen LogP contribution is -2.21. The summed E-state index contributed by atoms with van der Waals surface area (Å²) in [7, 11) is 3.16. The minimum atomic E-state index is -0.165. The van der Waals surface area contributed by atoms with Crippen molar-refractivity contribution in [2.24, 2.45) is 5.92 Å². The summed E-state index contributed by atoms with van der Waals surface area (Å²) in [6.07, 6.45) is 0.974. The number of H-pyrrole nitrogens is 1. The van der Waals surface area contributed by atoms with Crippen molar-refractivity contribution in [2.75, 3.05) is 20.0 Å².